The number of benzene rings is 1. The zero-order chi connectivity index (χ0) is 18.4. The minimum absolute atomic E-state index is 0.0519. The van der Waals surface area contributed by atoms with Crippen LogP contribution in [0.15, 0.2) is 64.6 Å². The first kappa shape index (κ1) is 17.3. The van der Waals surface area contributed by atoms with Crippen molar-refractivity contribution in [3.8, 4) is 0 Å². The summed E-state index contributed by atoms with van der Waals surface area (Å²) in [4.78, 5) is 4.30. The molecule has 0 bridgehead atoms. The van der Waals surface area contributed by atoms with Gasteiger partial charge in [0.15, 0.2) is 5.58 Å². The van der Waals surface area contributed by atoms with Crippen LogP contribution in [0.3, 0.4) is 0 Å². The van der Waals surface area contributed by atoms with E-state index in [9.17, 15) is 13.2 Å². The fourth-order valence-corrected chi connectivity index (χ4v) is 2.60. The number of hydrogen-bond donors (Lipinski definition) is 0. The fraction of sp³-hybridized carbons (Fsp3) is 0.250. The van der Waals surface area contributed by atoms with Crippen molar-refractivity contribution in [3.05, 3.63) is 71.7 Å². The molecule has 0 fully saturated rings. The molecule has 5 heteroatoms. The number of nitrogens with zero attached hydrogens (tertiary/aromatic N) is 1. The molecule has 0 saturated heterocycles. The van der Waals surface area contributed by atoms with E-state index in [0.29, 0.717) is 11.1 Å². The zero-order valence-electron chi connectivity index (χ0n) is 14.2. The van der Waals surface area contributed by atoms with Crippen LogP contribution in [-0.2, 0) is 5.41 Å². The second kappa shape index (κ2) is 5.76. The van der Waals surface area contributed by atoms with E-state index in [1.54, 1.807) is 6.07 Å². The van der Waals surface area contributed by atoms with E-state index in [0.717, 1.165) is 11.6 Å². The number of oxazole rings is 1. The number of fused-ring (bicyclic) bond motifs is 1. The summed E-state index contributed by atoms with van der Waals surface area (Å²) >= 11 is 0. The van der Waals surface area contributed by atoms with Gasteiger partial charge in [0.1, 0.15) is 5.52 Å². The molecule has 1 aliphatic carbocycles. The normalized spacial score (nSPS) is 16.0. The number of halogens is 3. The summed E-state index contributed by atoms with van der Waals surface area (Å²) in [5, 5.41) is 0. The smallest absolute Gasteiger partial charge is 0.417 e. The van der Waals surface area contributed by atoms with E-state index >= 15 is 0 Å². The van der Waals surface area contributed by atoms with Gasteiger partial charge in [0, 0.05) is 5.57 Å². The maximum Gasteiger partial charge on any atom is 0.417 e. The highest BCUT2D eigenvalue weighted by Gasteiger charge is 2.38. The van der Waals surface area contributed by atoms with Gasteiger partial charge in [-0.1, -0.05) is 45.6 Å². The van der Waals surface area contributed by atoms with Gasteiger partial charge in [0.2, 0.25) is 5.89 Å². The highest BCUT2D eigenvalue weighted by atomic mass is 19.4. The minimum Gasteiger partial charge on any atom is -0.436 e. The molecular formula is C20H18F3NO. The molecule has 1 aromatic carbocycles. The molecule has 1 heterocycles. The highest BCUT2D eigenvalue weighted by molar-refractivity contribution is 5.83. The number of hydrogen-bond acceptors (Lipinski definition) is 2. The molecule has 0 spiro atoms. The second-order valence-corrected chi connectivity index (χ2v) is 7.02. The summed E-state index contributed by atoms with van der Waals surface area (Å²) in [5.41, 5.74) is 1.29. The Morgan fingerprint density at radius 3 is 2.48 bits per heavy atom. The highest BCUT2D eigenvalue weighted by Crippen LogP contribution is 2.39. The zero-order valence-corrected chi connectivity index (χ0v) is 14.2. The van der Waals surface area contributed by atoms with E-state index < -0.39 is 11.7 Å². The Morgan fingerprint density at radius 1 is 1.12 bits per heavy atom. The minimum atomic E-state index is -4.53. The lowest BCUT2D eigenvalue weighted by Gasteiger charge is -2.18. The summed E-state index contributed by atoms with van der Waals surface area (Å²) in [6, 6.07) is 5.50. The summed E-state index contributed by atoms with van der Waals surface area (Å²) in [7, 11) is 0. The van der Waals surface area contributed by atoms with Gasteiger partial charge in [-0.05, 0) is 40.8 Å². The number of aromatic nitrogens is 1. The average Bonchev–Trinajstić information content (AvgIpc) is 2.80. The third-order valence-electron chi connectivity index (χ3n) is 3.98. The van der Waals surface area contributed by atoms with Crippen LogP contribution in [0.4, 0.5) is 13.2 Å². The summed E-state index contributed by atoms with van der Waals surface area (Å²) in [5.74, 6) is -0.0519. The van der Waals surface area contributed by atoms with Crippen molar-refractivity contribution in [2.75, 3.05) is 0 Å². The standard InChI is InChI=1S/C20H18F3NO/c1-12-6-5-7-14(15(10-12)20(21,22)23)18-24-16-11-13(19(2,3)4)8-9-17(16)25-18/h5-11H,1H2,2-4H3. The Bertz CT molecular complexity index is 934. The van der Waals surface area contributed by atoms with E-state index in [2.05, 4.69) is 32.3 Å². The van der Waals surface area contributed by atoms with Crippen LogP contribution >= 0.6 is 0 Å². The lowest BCUT2D eigenvalue weighted by molar-refractivity contribution is -0.0872. The quantitative estimate of drug-likeness (QED) is 0.622. The molecule has 1 aliphatic rings. The van der Waals surface area contributed by atoms with Crippen LogP contribution in [0.5, 0.6) is 0 Å². The van der Waals surface area contributed by atoms with Crippen LogP contribution in [0.25, 0.3) is 16.7 Å². The predicted octanol–water partition coefficient (Wildman–Crippen LogP) is 6.12. The van der Waals surface area contributed by atoms with Gasteiger partial charge in [-0.15, -0.1) is 0 Å². The maximum atomic E-state index is 13.5. The molecule has 2 aromatic rings. The molecule has 3 rings (SSSR count). The first-order valence-electron chi connectivity index (χ1n) is 7.84. The number of allylic oxidation sites excluding steroid dienone is 7. The van der Waals surface area contributed by atoms with E-state index in [-0.39, 0.29) is 22.5 Å². The van der Waals surface area contributed by atoms with Crippen LogP contribution in [0.1, 0.15) is 32.2 Å². The van der Waals surface area contributed by atoms with E-state index in [1.165, 1.54) is 18.2 Å². The SMILES string of the molecule is C=C1C=CC=C(c2nc3cc(C(C)(C)C)ccc3o2)C(C(F)(F)F)=C1. The van der Waals surface area contributed by atoms with Gasteiger partial charge >= 0.3 is 6.18 Å². The van der Waals surface area contributed by atoms with E-state index in [4.69, 9.17) is 4.42 Å². The molecule has 0 N–H and O–H groups in total. The second-order valence-electron chi connectivity index (χ2n) is 7.02. The van der Waals surface area contributed by atoms with Gasteiger partial charge in [-0.25, -0.2) is 4.98 Å². The summed E-state index contributed by atoms with van der Waals surface area (Å²) < 4.78 is 46.0. The van der Waals surface area contributed by atoms with Crippen molar-refractivity contribution in [2.45, 2.75) is 32.4 Å². The van der Waals surface area contributed by atoms with Gasteiger partial charge < -0.3 is 4.42 Å². The maximum absolute atomic E-state index is 13.5. The molecular weight excluding hydrogens is 327 g/mol. The van der Waals surface area contributed by atoms with Crippen molar-refractivity contribution < 1.29 is 17.6 Å². The summed E-state index contributed by atoms with van der Waals surface area (Å²) in [6.45, 7) is 9.78. The molecule has 25 heavy (non-hydrogen) atoms. The molecule has 2 nitrogen and oxygen atoms in total. The van der Waals surface area contributed by atoms with Gasteiger partial charge in [-0.3, -0.25) is 0 Å². The van der Waals surface area contributed by atoms with E-state index in [1.807, 2.05) is 12.1 Å². The largest absolute Gasteiger partial charge is 0.436 e. The summed E-state index contributed by atoms with van der Waals surface area (Å²) in [6.07, 6.45) is 0.858. The van der Waals surface area contributed by atoms with Crippen molar-refractivity contribution in [2.24, 2.45) is 0 Å². The Balaban J connectivity index is 2.14. The van der Waals surface area contributed by atoms with Crippen molar-refractivity contribution >= 4 is 16.7 Å². The number of rotatable bonds is 1. The van der Waals surface area contributed by atoms with Gasteiger partial charge in [0.25, 0.3) is 0 Å². The first-order chi connectivity index (χ1) is 11.6. The fourth-order valence-electron chi connectivity index (χ4n) is 2.60. The van der Waals surface area contributed by atoms with Crippen molar-refractivity contribution in [1.82, 2.24) is 4.98 Å². The molecule has 0 atom stereocenters. The van der Waals surface area contributed by atoms with Crippen LogP contribution in [0, 0.1) is 0 Å². The van der Waals surface area contributed by atoms with Crippen LogP contribution < -0.4 is 0 Å². The van der Waals surface area contributed by atoms with Crippen molar-refractivity contribution in [3.63, 3.8) is 0 Å². The molecule has 0 amide bonds. The molecule has 0 aliphatic heterocycles. The van der Waals surface area contributed by atoms with Crippen LogP contribution in [0.2, 0.25) is 0 Å². The molecule has 0 unspecified atom stereocenters. The van der Waals surface area contributed by atoms with Gasteiger partial charge in [-0.2, -0.15) is 13.2 Å². The monoisotopic (exact) mass is 345 g/mol. The first-order valence-corrected chi connectivity index (χ1v) is 7.84. The predicted molar refractivity (Wildman–Crippen MR) is 93.1 cm³/mol. The lowest BCUT2D eigenvalue weighted by Crippen LogP contribution is -2.13. The van der Waals surface area contributed by atoms with Gasteiger partial charge in [0.05, 0.1) is 5.57 Å². The third kappa shape index (κ3) is 3.45. The van der Waals surface area contributed by atoms with Crippen molar-refractivity contribution in [1.29, 1.82) is 0 Å². The number of alkyl halides is 3. The molecule has 130 valence electrons. The molecule has 0 radical (unpaired) electrons. The molecule has 1 aromatic heterocycles. The molecule has 0 saturated carbocycles. The lowest BCUT2D eigenvalue weighted by atomic mass is 9.87. The van der Waals surface area contributed by atoms with Crippen LogP contribution in [-0.4, -0.2) is 11.2 Å². The Morgan fingerprint density at radius 2 is 1.84 bits per heavy atom. The Kier molecular flexibility index (Phi) is 3.98. The Hall–Kier alpha value is -2.56. The topological polar surface area (TPSA) is 26.0 Å². The third-order valence-corrected chi connectivity index (χ3v) is 3.98. The average molecular weight is 345 g/mol. The Labute approximate surface area is 144 Å².